The maximum atomic E-state index is 11.5. The topological polar surface area (TPSA) is 73.2 Å². The lowest BCUT2D eigenvalue weighted by Crippen LogP contribution is -2.44. The van der Waals surface area contributed by atoms with Gasteiger partial charge in [-0.05, 0) is 13.3 Å². The van der Waals surface area contributed by atoms with Gasteiger partial charge < -0.3 is 10.2 Å². The first-order chi connectivity index (χ1) is 7.04. The van der Waals surface area contributed by atoms with Gasteiger partial charge >= 0.3 is 11.8 Å². The second kappa shape index (κ2) is 6.82. The summed E-state index contributed by atoms with van der Waals surface area (Å²) in [7, 11) is 1.59. The molecule has 0 rings (SSSR count). The summed E-state index contributed by atoms with van der Waals surface area (Å²) in [5.41, 5.74) is 0. The molecule has 1 unspecified atom stereocenters. The fourth-order valence-corrected chi connectivity index (χ4v) is 1.17. The van der Waals surface area contributed by atoms with Gasteiger partial charge in [0.1, 0.15) is 6.54 Å². The van der Waals surface area contributed by atoms with Crippen LogP contribution >= 0.6 is 0 Å². The van der Waals surface area contributed by atoms with Crippen LogP contribution < -0.4 is 5.32 Å². The van der Waals surface area contributed by atoms with Gasteiger partial charge in [0, 0.05) is 13.1 Å². The lowest BCUT2D eigenvalue weighted by atomic mass is 10.2. The van der Waals surface area contributed by atoms with Crippen molar-refractivity contribution in [3.63, 3.8) is 0 Å². The summed E-state index contributed by atoms with van der Waals surface area (Å²) >= 11 is 0. The Morgan fingerprint density at radius 1 is 1.53 bits per heavy atom. The van der Waals surface area contributed by atoms with E-state index in [4.69, 9.17) is 5.26 Å². The van der Waals surface area contributed by atoms with Crippen LogP contribution in [0, 0.1) is 11.3 Å². The minimum absolute atomic E-state index is 0.0373. The number of nitrogens with one attached hydrogen (secondary N) is 1. The van der Waals surface area contributed by atoms with Crippen LogP contribution in [-0.2, 0) is 9.59 Å². The molecule has 0 aromatic rings. The highest BCUT2D eigenvalue weighted by Gasteiger charge is 2.21. The molecule has 5 heteroatoms. The van der Waals surface area contributed by atoms with E-state index in [2.05, 4.69) is 5.32 Å². The highest BCUT2D eigenvalue weighted by atomic mass is 16.2. The van der Waals surface area contributed by atoms with Crippen LogP contribution in [0.15, 0.2) is 0 Å². The van der Waals surface area contributed by atoms with Crippen molar-refractivity contribution in [1.29, 1.82) is 5.26 Å². The lowest BCUT2D eigenvalue weighted by Gasteiger charge is -2.23. The van der Waals surface area contributed by atoms with Crippen LogP contribution in [-0.4, -0.2) is 36.3 Å². The van der Waals surface area contributed by atoms with E-state index < -0.39 is 11.8 Å². The second-order valence-corrected chi connectivity index (χ2v) is 3.39. The Morgan fingerprint density at radius 3 is 2.60 bits per heavy atom. The average molecular weight is 211 g/mol. The van der Waals surface area contributed by atoms with Crippen molar-refractivity contribution < 1.29 is 9.59 Å². The maximum absolute atomic E-state index is 11.5. The number of nitrogens with zero attached hydrogens (tertiary/aromatic N) is 2. The number of likely N-dealkylation sites (N-methyl/N-ethyl adjacent to an activating group) is 1. The number of carbonyl (C=O) groups is 2. The van der Waals surface area contributed by atoms with Crippen LogP contribution in [0.1, 0.15) is 26.7 Å². The van der Waals surface area contributed by atoms with Gasteiger partial charge in [-0.2, -0.15) is 5.26 Å². The van der Waals surface area contributed by atoms with Gasteiger partial charge in [-0.3, -0.25) is 9.59 Å². The average Bonchev–Trinajstić information content (AvgIpc) is 2.24. The molecule has 0 aliphatic heterocycles. The lowest BCUT2D eigenvalue weighted by molar-refractivity contribution is -0.146. The number of carbonyl (C=O) groups excluding carboxylic acids is 2. The summed E-state index contributed by atoms with van der Waals surface area (Å²) in [6.45, 7) is 3.77. The fraction of sp³-hybridized carbons (Fsp3) is 0.700. The van der Waals surface area contributed by atoms with E-state index in [1.807, 2.05) is 13.8 Å². The van der Waals surface area contributed by atoms with Crippen molar-refractivity contribution in [3.8, 4) is 6.07 Å². The molecule has 15 heavy (non-hydrogen) atoms. The molecule has 0 radical (unpaired) electrons. The summed E-state index contributed by atoms with van der Waals surface area (Å²) in [5.74, 6) is -1.31. The smallest absolute Gasteiger partial charge is 0.311 e. The van der Waals surface area contributed by atoms with Crippen molar-refractivity contribution in [1.82, 2.24) is 10.2 Å². The molecule has 2 amide bonds. The SMILES string of the molecule is CCCC(C)N(C)C(=O)C(=O)NCC#N. The molecule has 0 aromatic carbocycles. The van der Waals surface area contributed by atoms with E-state index in [9.17, 15) is 9.59 Å². The molecule has 0 spiro atoms. The zero-order valence-corrected chi connectivity index (χ0v) is 9.41. The Morgan fingerprint density at radius 2 is 2.13 bits per heavy atom. The number of nitriles is 1. The van der Waals surface area contributed by atoms with Gasteiger partial charge in [-0.15, -0.1) is 0 Å². The molecule has 0 heterocycles. The zero-order valence-electron chi connectivity index (χ0n) is 9.41. The van der Waals surface area contributed by atoms with E-state index in [0.29, 0.717) is 0 Å². The first-order valence-electron chi connectivity index (χ1n) is 4.96. The van der Waals surface area contributed by atoms with Crippen molar-refractivity contribution in [2.75, 3.05) is 13.6 Å². The van der Waals surface area contributed by atoms with Crippen molar-refractivity contribution in [2.24, 2.45) is 0 Å². The van der Waals surface area contributed by atoms with Crippen LogP contribution in [0.4, 0.5) is 0 Å². The third kappa shape index (κ3) is 4.45. The normalized spacial score (nSPS) is 11.3. The number of hydrogen-bond donors (Lipinski definition) is 1. The number of amides is 2. The number of rotatable bonds is 4. The Labute approximate surface area is 90.0 Å². The highest BCUT2D eigenvalue weighted by molar-refractivity contribution is 6.35. The minimum Gasteiger partial charge on any atom is -0.335 e. The van der Waals surface area contributed by atoms with Crippen molar-refractivity contribution in [3.05, 3.63) is 0 Å². The second-order valence-electron chi connectivity index (χ2n) is 3.39. The van der Waals surface area contributed by atoms with Crippen molar-refractivity contribution >= 4 is 11.8 Å². The quantitative estimate of drug-likeness (QED) is 0.536. The largest absolute Gasteiger partial charge is 0.335 e. The van der Waals surface area contributed by atoms with Crippen LogP contribution in [0.5, 0.6) is 0 Å². The van der Waals surface area contributed by atoms with Gasteiger partial charge in [-0.25, -0.2) is 0 Å². The van der Waals surface area contributed by atoms with Gasteiger partial charge in [-0.1, -0.05) is 13.3 Å². The summed E-state index contributed by atoms with van der Waals surface area (Å²) in [6.07, 6.45) is 1.81. The minimum atomic E-state index is -0.720. The van der Waals surface area contributed by atoms with E-state index >= 15 is 0 Å². The van der Waals surface area contributed by atoms with Gasteiger partial charge in [0.15, 0.2) is 0 Å². The molecule has 84 valence electrons. The Hall–Kier alpha value is -1.57. The molecule has 0 aliphatic rings. The summed E-state index contributed by atoms with van der Waals surface area (Å²) in [6, 6.07) is 1.78. The predicted molar refractivity (Wildman–Crippen MR) is 55.8 cm³/mol. The summed E-state index contributed by atoms with van der Waals surface area (Å²) < 4.78 is 0. The first-order valence-corrected chi connectivity index (χ1v) is 4.96. The van der Waals surface area contributed by atoms with Crippen LogP contribution in [0.2, 0.25) is 0 Å². The summed E-state index contributed by atoms with van der Waals surface area (Å²) in [5, 5.41) is 10.5. The van der Waals surface area contributed by atoms with Gasteiger partial charge in [0.05, 0.1) is 6.07 Å². The monoisotopic (exact) mass is 211 g/mol. The third-order valence-electron chi connectivity index (χ3n) is 2.21. The Kier molecular flexibility index (Phi) is 6.11. The molecule has 0 bridgehead atoms. The molecule has 0 saturated carbocycles. The maximum Gasteiger partial charge on any atom is 0.311 e. The molecule has 1 N–H and O–H groups in total. The summed E-state index contributed by atoms with van der Waals surface area (Å²) in [4.78, 5) is 24.1. The molecular formula is C10H17N3O2. The zero-order chi connectivity index (χ0) is 11.8. The number of hydrogen-bond acceptors (Lipinski definition) is 3. The Bertz CT molecular complexity index is 270. The molecule has 5 nitrogen and oxygen atoms in total. The van der Waals surface area contributed by atoms with E-state index in [-0.39, 0.29) is 12.6 Å². The van der Waals surface area contributed by atoms with E-state index in [0.717, 1.165) is 12.8 Å². The van der Waals surface area contributed by atoms with E-state index in [1.165, 1.54) is 4.90 Å². The standard InChI is InChI=1S/C10H17N3O2/c1-4-5-8(2)13(3)10(15)9(14)12-7-6-11/h8H,4-5,7H2,1-3H3,(H,12,14). The molecule has 0 saturated heterocycles. The first kappa shape index (κ1) is 13.4. The van der Waals surface area contributed by atoms with Gasteiger partial charge in [0.25, 0.3) is 0 Å². The molecule has 0 fully saturated rings. The molecular weight excluding hydrogens is 194 g/mol. The Balaban J connectivity index is 4.19. The third-order valence-corrected chi connectivity index (χ3v) is 2.21. The van der Waals surface area contributed by atoms with E-state index in [1.54, 1.807) is 13.1 Å². The van der Waals surface area contributed by atoms with Crippen molar-refractivity contribution in [2.45, 2.75) is 32.7 Å². The highest BCUT2D eigenvalue weighted by Crippen LogP contribution is 2.03. The van der Waals surface area contributed by atoms with Gasteiger partial charge in [0.2, 0.25) is 0 Å². The molecule has 0 aromatic heterocycles. The molecule has 1 atom stereocenters. The van der Waals surface area contributed by atoms with Crippen LogP contribution in [0.25, 0.3) is 0 Å². The van der Waals surface area contributed by atoms with Crippen LogP contribution in [0.3, 0.4) is 0 Å². The fourth-order valence-electron chi connectivity index (χ4n) is 1.17. The predicted octanol–water partition coefficient (Wildman–Crippen LogP) is 0.273. The molecule has 0 aliphatic carbocycles.